The number of fused-ring (bicyclic) bond motifs is 1. The van der Waals surface area contributed by atoms with E-state index >= 15 is 0 Å². The van der Waals surface area contributed by atoms with Crippen molar-refractivity contribution in [1.29, 1.82) is 0 Å². The molecule has 2 aliphatic rings. The van der Waals surface area contributed by atoms with Crippen LogP contribution in [0, 0.1) is 18.3 Å². The number of rotatable bonds is 5. The minimum atomic E-state index is -0.686. The van der Waals surface area contributed by atoms with E-state index in [4.69, 9.17) is 6.42 Å². The van der Waals surface area contributed by atoms with E-state index in [0.29, 0.717) is 32.2 Å². The number of nitrogens with one attached hydrogen (secondary N) is 3. The van der Waals surface area contributed by atoms with Crippen LogP contribution in [0.1, 0.15) is 37.9 Å². The predicted molar refractivity (Wildman–Crippen MR) is 98.9 cm³/mol. The molecule has 1 aromatic heterocycles. The lowest BCUT2D eigenvalue weighted by Gasteiger charge is -2.20. The Hall–Kier alpha value is -3.08. The van der Waals surface area contributed by atoms with Gasteiger partial charge in [-0.3, -0.25) is 23.7 Å². The molecule has 1 fully saturated rings. The van der Waals surface area contributed by atoms with Gasteiger partial charge < -0.3 is 16.0 Å². The highest BCUT2D eigenvalue weighted by atomic mass is 16.2. The van der Waals surface area contributed by atoms with E-state index in [9.17, 15) is 19.2 Å². The number of hydrogen-bond donors (Lipinski definition) is 3. The Morgan fingerprint density at radius 1 is 1.37 bits per heavy atom. The molecule has 0 aliphatic carbocycles. The number of aromatic nitrogens is 1. The van der Waals surface area contributed by atoms with Crippen LogP contribution in [0.3, 0.4) is 0 Å². The molecule has 0 bridgehead atoms. The van der Waals surface area contributed by atoms with Crippen molar-refractivity contribution in [3.8, 4) is 12.3 Å². The van der Waals surface area contributed by atoms with Gasteiger partial charge >= 0.3 is 0 Å². The quantitative estimate of drug-likeness (QED) is 0.631. The van der Waals surface area contributed by atoms with Crippen LogP contribution in [0.5, 0.6) is 0 Å². The van der Waals surface area contributed by atoms with Crippen molar-refractivity contribution in [2.75, 3.05) is 11.9 Å². The topological polar surface area (TPSA) is 109 Å². The number of terminal acetylenes is 1. The molecular formula is C19H22N4O4. The van der Waals surface area contributed by atoms with Crippen molar-refractivity contribution in [3.63, 3.8) is 0 Å². The Balaban J connectivity index is 1.75. The van der Waals surface area contributed by atoms with Gasteiger partial charge in [-0.2, -0.15) is 0 Å². The Morgan fingerprint density at radius 2 is 2.15 bits per heavy atom. The number of carbonyl (C=O) groups is 3. The van der Waals surface area contributed by atoms with Crippen LogP contribution in [0.15, 0.2) is 16.9 Å². The van der Waals surface area contributed by atoms with Crippen LogP contribution in [-0.2, 0) is 20.8 Å². The van der Waals surface area contributed by atoms with E-state index in [2.05, 4.69) is 21.9 Å². The van der Waals surface area contributed by atoms with E-state index in [1.54, 1.807) is 12.1 Å². The van der Waals surface area contributed by atoms with Crippen molar-refractivity contribution in [2.24, 2.45) is 5.92 Å². The van der Waals surface area contributed by atoms with Crippen LogP contribution in [0.4, 0.5) is 5.69 Å². The molecular weight excluding hydrogens is 348 g/mol. The maximum atomic E-state index is 12.8. The molecule has 2 aliphatic heterocycles. The number of carbonyl (C=O) groups excluding carboxylic acids is 3. The summed E-state index contributed by atoms with van der Waals surface area (Å²) in [5, 5.41) is 8.02. The molecule has 3 N–H and O–H groups in total. The van der Waals surface area contributed by atoms with Crippen LogP contribution < -0.4 is 21.5 Å². The van der Waals surface area contributed by atoms with Crippen LogP contribution >= 0.6 is 0 Å². The highest BCUT2D eigenvalue weighted by Crippen LogP contribution is 2.25. The van der Waals surface area contributed by atoms with E-state index in [0.717, 1.165) is 5.69 Å². The van der Waals surface area contributed by atoms with Gasteiger partial charge in [-0.05, 0) is 37.8 Å². The van der Waals surface area contributed by atoms with Gasteiger partial charge in [0, 0.05) is 25.1 Å². The van der Waals surface area contributed by atoms with Crippen molar-refractivity contribution >= 4 is 23.4 Å². The first-order valence-corrected chi connectivity index (χ1v) is 8.97. The average molecular weight is 370 g/mol. The number of hydrogen-bond acceptors (Lipinski definition) is 4. The lowest BCUT2D eigenvalue weighted by molar-refractivity contribution is -0.126. The zero-order chi connectivity index (χ0) is 19.6. The first-order chi connectivity index (χ1) is 12.9. The molecule has 0 spiro atoms. The molecule has 27 heavy (non-hydrogen) atoms. The van der Waals surface area contributed by atoms with E-state index in [1.165, 1.54) is 11.5 Å². The van der Waals surface area contributed by atoms with Gasteiger partial charge in [-0.25, -0.2) is 0 Å². The number of amides is 3. The summed E-state index contributed by atoms with van der Waals surface area (Å²) in [5.41, 5.74) is 0.469. The third-order valence-electron chi connectivity index (χ3n) is 5.00. The first-order valence-electron chi connectivity index (χ1n) is 8.97. The summed E-state index contributed by atoms with van der Waals surface area (Å²) in [5.74, 6) is 1.56. The van der Waals surface area contributed by atoms with E-state index in [1.807, 2.05) is 0 Å². The number of aryl methyl sites for hydroxylation is 1. The van der Waals surface area contributed by atoms with Crippen LogP contribution in [0.25, 0.3) is 0 Å². The Bertz CT molecular complexity index is 883. The Labute approximate surface area is 156 Å². The molecule has 142 valence electrons. The lowest BCUT2D eigenvalue weighted by atomic mass is 9.98. The minimum Gasteiger partial charge on any atom is -0.356 e. The smallest absolute Gasteiger partial charge is 0.275 e. The SMILES string of the molecule is C#C[C@H](C[C@@H]1CCNC1=O)NC(=O)[C@@H]1CCc2ccc(NC(C)=O)c(=O)n21. The predicted octanol–water partition coefficient (Wildman–Crippen LogP) is -0.0618. The minimum absolute atomic E-state index is 0.0492. The maximum absolute atomic E-state index is 12.8. The van der Waals surface area contributed by atoms with E-state index in [-0.39, 0.29) is 29.3 Å². The molecule has 0 unspecified atom stereocenters. The van der Waals surface area contributed by atoms with Gasteiger partial charge in [0.25, 0.3) is 5.56 Å². The molecule has 8 heteroatoms. The van der Waals surface area contributed by atoms with Crippen LogP contribution in [0.2, 0.25) is 0 Å². The summed E-state index contributed by atoms with van der Waals surface area (Å²) in [7, 11) is 0. The number of anilines is 1. The third kappa shape index (κ3) is 3.87. The molecule has 1 aromatic rings. The summed E-state index contributed by atoms with van der Waals surface area (Å²) in [6.45, 7) is 1.93. The largest absolute Gasteiger partial charge is 0.356 e. The normalized spacial score (nSPS) is 21.7. The summed E-state index contributed by atoms with van der Waals surface area (Å²) in [6.07, 6.45) is 7.66. The van der Waals surface area contributed by atoms with Crippen molar-refractivity contribution in [3.05, 3.63) is 28.2 Å². The molecule has 8 nitrogen and oxygen atoms in total. The molecule has 0 radical (unpaired) electrons. The zero-order valence-electron chi connectivity index (χ0n) is 15.1. The van der Waals surface area contributed by atoms with Gasteiger partial charge in [0.1, 0.15) is 11.7 Å². The summed E-state index contributed by atoms with van der Waals surface area (Å²) in [6, 6.07) is 2.03. The Morgan fingerprint density at radius 3 is 2.78 bits per heavy atom. The molecule has 0 saturated carbocycles. The molecule has 3 atom stereocenters. The molecule has 3 amide bonds. The van der Waals surface area contributed by atoms with Crippen molar-refractivity contribution in [1.82, 2.24) is 15.2 Å². The second-order valence-electron chi connectivity index (χ2n) is 6.89. The molecule has 3 rings (SSSR count). The third-order valence-corrected chi connectivity index (χ3v) is 5.00. The van der Waals surface area contributed by atoms with Gasteiger partial charge in [0.15, 0.2) is 0 Å². The van der Waals surface area contributed by atoms with Gasteiger partial charge in [-0.15, -0.1) is 6.42 Å². The fourth-order valence-electron chi connectivity index (χ4n) is 3.67. The summed E-state index contributed by atoms with van der Waals surface area (Å²) >= 11 is 0. The lowest BCUT2D eigenvalue weighted by Crippen LogP contribution is -2.42. The fraction of sp³-hybridized carbons (Fsp3) is 0.474. The first kappa shape index (κ1) is 18.7. The number of pyridine rings is 1. The monoisotopic (exact) mass is 370 g/mol. The van der Waals surface area contributed by atoms with Gasteiger partial charge in [-0.1, -0.05) is 5.92 Å². The van der Waals surface area contributed by atoms with Gasteiger partial charge in [0.05, 0.1) is 6.04 Å². The second-order valence-corrected chi connectivity index (χ2v) is 6.89. The second kappa shape index (κ2) is 7.66. The standard InChI is InChI=1S/C19H22N4O4/c1-3-13(10-12-8-9-20-17(12)25)22-18(26)16-7-5-14-4-6-15(21-11(2)24)19(27)23(14)16/h1,4,6,12-13,16H,5,7-10H2,2H3,(H,20,25)(H,21,24)(H,22,26)/t12-,13+,16-/m0/s1. The van der Waals surface area contributed by atoms with Gasteiger partial charge in [0.2, 0.25) is 17.7 Å². The Kier molecular flexibility index (Phi) is 5.31. The molecule has 0 aromatic carbocycles. The van der Waals surface area contributed by atoms with Crippen LogP contribution in [-0.4, -0.2) is 34.9 Å². The molecule has 1 saturated heterocycles. The maximum Gasteiger partial charge on any atom is 0.275 e. The van der Waals surface area contributed by atoms with Crippen molar-refractivity contribution < 1.29 is 14.4 Å². The number of nitrogens with zero attached hydrogens (tertiary/aromatic N) is 1. The van der Waals surface area contributed by atoms with E-state index < -0.39 is 17.6 Å². The summed E-state index contributed by atoms with van der Waals surface area (Å²) < 4.78 is 1.41. The fourth-order valence-corrected chi connectivity index (χ4v) is 3.67. The van der Waals surface area contributed by atoms with Crippen molar-refractivity contribution in [2.45, 2.75) is 44.7 Å². The highest BCUT2D eigenvalue weighted by Gasteiger charge is 2.32. The summed E-state index contributed by atoms with van der Waals surface area (Å²) in [4.78, 5) is 48.4. The highest BCUT2D eigenvalue weighted by molar-refractivity contribution is 5.88. The molecule has 3 heterocycles. The average Bonchev–Trinajstić information content (AvgIpc) is 3.23. The zero-order valence-corrected chi connectivity index (χ0v) is 15.1.